The van der Waals surface area contributed by atoms with Crippen LogP contribution in [0.5, 0.6) is 0 Å². The van der Waals surface area contributed by atoms with E-state index in [1.807, 2.05) is 36.6 Å². The summed E-state index contributed by atoms with van der Waals surface area (Å²) in [6.45, 7) is 4.68. The van der Waals surface area contributed by atoms with Gasteiger partial charge in [-0.1, -0.05) is 44.2 Å². The van der Waals surface area contributed by atoms with Crippen LogP contribution in [0.1, 0.15) is 41.8 Å². The summed E-state index contributed by atoms with van der Waals surface area (Å²) in [4.78, 5) is 39.3. The van der Waals surface area contributed by atoms with Crippen LogP contribution >= 0.6 is 11.8 Å². The molecule has 2 amide bonds. The number of hydrogen-bond acceptors (Lipinski definition) is 5. The first-order valence-corrected chi connectivity index (χ1v) is 12.0. The lowest BCUT2D eigenvalue weighted by molar-refractivity contribution is -0.150. The molecule has 1 aliphatic heterocycles. The zero-order valence-electron chi connectivity index (χ0n) is 18.8. The van der Waals surface area contributed by atoms with Crippen LogP contribution in [0.2, 0.25) is 0 Å². The van der Waals surface area contributed by atoms with E-state index in [0.29, 0.717) is 18.5 Å². The predicted octanol–water partition coefficient (Wildman–Crippen LogP) is 3.23. The molecule has 168 valence electrons. The Morgan fingerprint density at radius 3 is 2.56 bits per heavy atom. The highest BCUT2D eigenvalue weighted by Crippen LogP contribution is 2.48. The van der Waals surface area contributed by atoms with E-state index < -0.39 is 12.0 Å². The molecule has 2 atom stereocenters. The van der Waals surface area contributed by atoms with Gasteiger partial charge in [0.05, 0.1) is 13.7 Å². The minimum Gasteiger partial charge on any atom is -0.467 e. The molecule has 0 radical (unpaired) electrons. The molecule has 4 rings (SSSR count). The molecule has 1 N–H and O–H groups in total. The van der Waals surface area contributed by atoms with Gasteiger partial charge in [-0.2, -0.15) is 11.8 Å². The number of carbonyl (C=O) groups excluding carboxylic acids is 3. The zero-order valence-corrected chi connectivity index (χ0v) is 19.6. The van der Waals surface area contributed by atoms with Crippen molar-refractivity contribution in [3.05, 3.63) is 59.2 Å². The number of likely N-dealkylation sites (tertiary alicyclic amines) is 1. The third kappa shape index (κ3) is 3.79. The number of nitrogens with zero attached hydrogens (tertiary/aromatic N) is 1. The standard InChI is InChI=1S/C25H28N2O4S/c1-25(2)19-8-6-5-7-17(19)18-11-15(9-10-20(18)25)23(29)26-13-22(28)27-14-16(32-4)12-21(27)24(30)31-3/h5-11,16,21H,12-14H2,1-4H3,(H,26,29)/t16-,21?/m1/s1. The van der Waals surface area contributed by atoms with Gasteiger partial charge in [0.15, 0.2) is 0 Å². The number of fused-ring (bicyclic) bond motifs is 3. The van der Waals surface area contributed by atoms with Crippen molar-refractivity contribution in [2.45, 2.75) is 37.0 Å². The summed E-state index contributed by atoms with van der Waals surface area (Å²) in [6.07, 6.45) is 2.52. The van der Waals surface area contributed by atoms with Crippen molar-refractivity contribution in [3.8, 4) is 11.1 Å². The molecule has 1 saturated heterocycles. The highest BCUT2D eigenvalue weighted by molar-refractivity contribution is 7.99. The minimum absolute atomic E-state index is 0.122. The second kappa shape index (κ2) is 8.62. The number of nitrogens with one attached hydrogen (secondary N) is 1. The van der Waals surface area contributed by atoms with Gasteiger partial charge in [0.2, 0.25) is 5.91 Å². The monoisotopic (exact) mass is 452 g/mol. The van der Waals surface area contributed by atoms with Gasteiger partial charge in [-0.15, -0.1) is 0 Å². The lowest BCUT2D eigenvalue weighted by atomic mass is 9.82. The Kier molecular flexibility index (Phi) is 6.03. The van der Waals surface area contributed by atoms with E-state index in [4.69, 9.17) is 4.74 Å². The lowest BCUT2D eigenvalue weighted by Crippen LogP contribution is -2.46. The first-order valence-electron chi connectivity index (χ1n) is 10.7. The van der Waals surface area contributed by atoms with Crippen LogP contribution in [0.25, 0.3) is 11.1 Å². The van der Waals surface area contributed by atoms with Crippen LogP contribution in [0.3, 0.4) is 0 Å². The van der Waals surface area contributed by atoms with Gasteiger partial charge in [0, 0.05) is 22.8 Å². The smallest absolute Gasteiger partial charge is 0.328 e. The zero-order chi connectivity index (χ0) is 23.0. The van der Waals surface area contributed by atoms with Crippen molar-refractivity contribution in [2.75, 3.05) is 26.5 Å². The van der Waals surface area contributed by atoms with Gasteiger partial charge in [0.25, 0.3) is 5.91 Å². The largest absolute Gasteiger partial charge is 0.467 e. The van der Waals surface area contributed by atoms with Crippen LogP contribution in [0, 0.1) is 0 Å². The third-order valence-corrected chi connectivity index (χ3v) is 7.64. The fourth-order valence-corrected chi connectivity index (χ4v) is 5.51. The topological polar surface area (TPSA) is 75.7 Å². The van der Waals surface area contributed by atoms with Crippen molar-refractivity contribution in [1.82, 2.24) is 10.2 Å². The number of rotatable bonds is 5. The van der Waals surface area contributed by atoms with Crippen LogP contribution in [0.15, 0.2) is 42.5 Å². The van der Waals surface area contributed by atoms with Crippen LogP contribution < -0.4 is 5.32 Å². The number of benzene rings is 2. The average Bonchev–Trinajstić information content (AvgIpc) is 3.34. The second-order valence-electron chi connectivity index (χ2n) is 8.79. The van der Waals surface area contributed by atoms with E-state index in [1.54, 1.807) is 11.8 Å². The average molecular weight is 453 g/mol. The highest BCUT2D eigenvalue weighted by atomic mass is 32.2. The summed E-state index contributed by atoms with van der Waals surface area (Å²) < 4.78 is 4.86. The van der Waals surface area contributed by atoms with Gasteiger partial charge in [-0.25, -0.2) is 4.79 Å². The van der Waals surface area contributed by atoms with Gasteiger partial charge in [0.1, 0.15) is 6.04 Å². The van der Waals surface area contributed by atoms with Crippen LogP contribution in [0.4, 0.5) is 0 Å². The number of amides is 2. The van der Waals surface area contributed by atoms with Crippen molar-refractivity contribution in [3.63, 3.8) is 0 Å². The Morgan fingerprint density at radius 1 is 1.12 bits per heavy atom. The van der Waals surface area contributed by atoms with E-state index in [9.17, 15) is 14.4 Å². The van der Waals surface area contributed by atoms with Crippen molar-refractivity contribution in [1.29, 1.82) is 0 Å². The molecule has 2 aromatic rings. The Labute approximate surface area is 192 Å². The molecule has 7 heteroatoms. The molecule has 6 nitrogen and oxygen atoms in total. The molecule has 1 aliphatic carbocycles. The molecular weight excluding hydrogens is 424 g/mol. The van der Waals surface area contributed by atoms with E-state index in [2.05, 4.69) is 31.3 Å². The summed E-state index contributed by atoms with van der Waals surface area (Å²) in [7, 11) is 1.33. The summed E-state index contributed by atoms with van der Waals surface area (Å²) in [5, 5.41) is 2.91. The maximum Gasteiger partial charge on any atom is 0.328 e. The molecule has 1 unspecified atom stereocenters. The Hall–Kier alpha value is -2.80. The van der Waals surface area contributed by atoms with Gasteiger partial charge in [-0.3, -0.25) is 9.59 Å². The Morgan fingerprint density at radius 2 is 1.84 bits per heavy atom. The first kappa shape index (κ1) is 22.4. The van der Waals surface area contributed by atoms with E-state index in [-0.39, 0.29) is 29.0 Å². The normalized spacial score (nSPS) is 20.4. The van der Waals surface area contributed by atoms with Gasteiger partial charge < -0.3 is 15.0 Å². The Bertz CT molecular complexity index is 1080. The molecule has 32 heavy (non-hydrogen) atoms. The Balaban J connectivity index is 1.48. The second-order valence-corrected chi connectivity index (χ2v) is 9.93. The maximum absolute atomic E-state index is 12.9. The number of carbonyl (C=O) groups is 3. The lowest BCUT2D eigenvalue weighted by Gasteiger charge is -2.23. The van der Waals surface area contributed by atoms with E-state index in [0.717, 1.165) is 11.1 Å². The molecule has 2 aromatic carbocycles. The van der Waals surface area contributed by atoms with E-state index in [1.165, 1.54) is 23.1 Å². The summed E-state index contributed by atoms with van der Waals surface area (Å²) in [5.41, 5.74) is 5.01. The SMILES string of the molecule is COC(=O)C1C[C@@H](SC)CN1C(=O)CNC(=O)c1ccc2c(c1)-c1ccccc1C2(C)C. The third-order valence-electron chi connectivity index (χ3n) is 6.64. The number of hydrogen-bond donors (Lipinski definition) is 1. The summed E-state index contributed by atoms with van der Waals surface area (Å²) in [6, 6.07) is 13.4. The van der Waals surface area contributed by atoms with Gasteiger partial charge in [-0.05, 0) is 47.1 Å². The number of ether oxygens (including phenoxy) is 1. The highest BCUT2D eigenvalue weighted by Gasteiger charge is 2.40. The molecule has 0 saturated carbocycles. The van der Waals surface area contributed by atoms with Crippen molar-refractivity contribution >= 4 is 29.5 Å². The molecule has 0 bridgehead atoms. The fourth-order valence-electron chi connectivity index (χ4n) is 4.82. The fraction of sp³-hybridized carbons (Fsp3) is 0.400. The number of thioether (sulfide) groups is 1. The molecular formula is C25H28N2O4S. The predicted molar refractivity (Wildman–Crippen MR) is 126 cm³/mol. The minimum atomic E-state index is -0.597. The molecule has 0 spiro atoms. The number of esters is 1. The summed E-state index contributed by atoms with van der Waals surface area (Å²) >= 11 is 1.62. The van der Waals surface area contributed by atoms with Crippen LogP contribution in [-0.2, 0) is 19.7 Å². The maximum atomic E-state index is 12.9. The quantitative estimate of drug-likeness (QED) is 0.705. The van der Waals surface area contributed by atoms with E-state index >= 15 is 0 Å². The van der Waals surface area contributed by atoms with Gasteiger partial charge >= 0.3 is 5.97 Å². The first-order chi connectivity index (χ1) is 15.3. The number of methoxy groups -OCH3 is 1. The molecule has 1 fully saturated rings. The van der Waals surface area contributed by atoms with Crippen molar-refractivity contribution in [2.24, 2.45) is 0 Å². The molecule has 0 aromatic heterocycles. The molecule has 1 heterocycles. The van der Waals surface area contributed by atoms with Crippen LogP contribution in [-0.4, -0.2) is 60.4 Å². The summed E-state index contributed by atoms with van der Waals surface area (Å²) in [5.74, 6) is -1.00. The van der Waals surface area contributed by atoms with Crippen molar-refractivity contribution < 1.29 is 19.1 Å². The molecule has 2 aliphatic rings.